The largest absolute Gasteiger partial charge is 0.467 e. The summed E-state index contributed by atoms with van der Waals surface area (Å²) in [6.07, 6.45) is 1.93. The molecule has 0 aromatic carbocycles. The Bertz CT molecular complexity index is 246. The van der Waals surface area contributed by atoms with Crippen molar-refractivity contribution in [3.05, 3.63) is 12.7 Å². The molecule has 0 aromatic rings. The second-order valence-corrected chi connectivity index (χ2v) is 2.83. The Morgan fingerprint density at radius 2 is 2.54 bits per heavy atom. The van der Waals surface area contributed by atoms with Crippen molar-refractivity contribution in [3.63, 3.8) is 0 Å². The molecule has 0 amide bonds. The lowest BCUT2D eigenvalue weighted by Crippen LogP contribution is -2.44. The Kier molecular flexibility index (Phi) is 2.83. The maximum atomic E-state index is 11.4. The Balaban J connectivity index is 2.92. The van der Waals surface area contributed by atoms with Crippen LogP contribution in [0, 0.1) is 0 Å². The molecule has 4 heteroatoms. The van der Waals surface area contributed by atoms with Crippen LogP contribution >= 0.6 is 0 Å². The highest BCUT2D eigenvalue weighted by Gasteiger charge is 2.50. The van der Waals surface area contributed by atoms with E-state index in [9.17, 15) is 9.59 Å². The summed E-state index contributed by atoms with van der Waals surface area (Å²) >= 11 is 0. The molecule has 0 saturated carbocycles. The van der Waals surface area contributed by atoms with Crippen molar-refractivity contribution in [1.29, 1.82) is 0 Å². The van der Waals surface area contributed by atoms with Crippen molar-refractivity contribution < 1.29 is 19.1 Å². The summed E-state index contributed by atoms with van der Waals surface area (Å²) in [5, 5.41) is 0. The molecule has 1 fully saturated rings. The van der Waals surface area contributed by atoms with E-state index in [-0.39, 0.29) is 25.2 Å². The third kappa shape index (κ3) is 1.49. The minimum absolute atomic E-state index is 0.179. The summed E-state index contributed by atoms with van der Waals surface area (Å²) in [6, 6.07) is 0. The van der Waals surface area contributed by atoms with Crippen molar-refractivity contribution in [3.8, 4) is 0 Å². The number of ketones is 1. The molecule has 1 aliphatic rings. The van der Waals surface area contributed by atoms with Gasteiger partial charge in [-0.2, -0.15) is 0 Å². The molecule has 4 nitrogen and oxygen atoms in total. The minimum Gasteiger partial charge on any atom is -0.467 e. The fraction of sp³-hybridized carbons (Fsp3) is 0.556. The SMILES string of the molecule is C=CCC1(C(=O)OC)OCCC1=O. The van der Waals surface area contributed by atoms with Crippen LogP contribution in [0.3, 0.4) is 0 Å². The third-order valence-electron chi connectivity index (χ3n) is 2.07. The highest BCUT2D eigenvalue weighted by Crippen LogP contribution is 2.27. The molecule has 0 aromatic heterocycles. The molecule has 0 radical (unpaired) electrons. The summed E-state index contributed by atoms with van der Waals surface area (Å²) < 4.78 is 9.68. The maximum Gasteiger partial charge on any atom is 0.346 e. The van der Waals surface area contributed by atoms with E-state index >= 15 is 0 Å². The van der Waals surface area contributed by atoms with Gasteiger partial charge < -0.3 is 9.47 Å². The number of carbonyl (C=O) groups excluding carboxylic acids is 2. The summed E-state index contributed by atoms with van der Waals surface area (Å²) in [7, 11) is 1.24. The fourth-order valence-corrected chi connectivity index (χ4v) is 1.40. The molecular weight excluding hydrogens is 172 g/mol. The molecule has 0 bridgehead atoms. The van der Waals surface area contributed by atoms with Gasteiger partial charge in [-0.15, -0.1) is 6.58 Å². The monoisotopic (exact) mass is 184 g/mol. The number of hydrogen-bond donors (Lipinski definition) is 0. The Morgan fingerprint density at radius 3 is 2.92 bits per heavy atom. The van der Waals surface area contributed by atoms with Gasteiger partial charge in [0.15, 0.2) is 5.78 Å². The average molecular weight is 184 g/mol. The first-order valence-corrected chi connectivity index (χ1v) is 4.04. The third-order valence-corrected chi connectivity index (χ3v) is 2.07. The van der Waals surface area contributed by atoms with Crippen molar-refractivity contribution in [2.24, 2.45) is 0 Å². The number of hydrogen-bond acceptors (Lipinski definition) is 4. The first-order valence-electron chi connectivity index (χ1n) is 4.04. The van der Waals surface area contributed by atoms with Crippen LogP contribution in [0.25, 0.3) is 0 Å². The van der Waals surface area contributed by atoms with E-state index in [2.05, 4.69) is 11.3 Å². The van der Waals surface area contributed by atoms with Gasteiger partial charge in [0, 0.05) is 12.8 Å². The van der Waals surface area contributed by atoms with Crippen molar-refractivity contribution in [2.75, 3.05) is 13.7 Å². The quantitative estimate of drug-likeness (QED) is 0.363. The van der Waals surface area contributed by atoms with Crippen LogP contribution in [-0.2, 0) is 19.1 Å². The second kappa shape index (κ2) is 3.70. The van der Waals surface area contributed by atoms with E-state index in [4.69, 9.17) is 4.74 Å². The zero-order valence-corrected chi connectivity index (χ0v) is 7.54. The van der Waals surface area contributed by atoms with Gasteiger partial charge in [0.1, 0.15) is 0 Å². The van der Waals surface area contributed by atoms with E-state index in [0.717, 1.165) is 0 Å². The molecule has 1 heterocycles. The van der Waals surface area contributed by atoms with Crippen LogP contribution in [0.5, 0.6) is 0 Å². The number of carbonyl (C=O) groups is 2. The van der Waals surface area contributed by atoms with Gasteiger partial charge in [0.25, 0.3) is 0 Å². The Hall–Kier alpha value is -1.16. The lowest BCUT2D eigenvalue weighted by Gasteiger charge is -2.21. The molecular formula is C9H12O4. The van der Waals surface area contributed by atoms with Gasteiger partial charge in [-0.05, 0) is 0 Å². The van der Waals surface area contributed by atoms with E-state index in [0.29, 0.717) is 0 Å². The van der Waals surface area contributed by atoms with Crippen LogP contribution in [-0.4, -0.2) is 31.1 Å². The summed E-state index contributed by atoms with van der Waals surface area (Å²) in [5.74, 6) is -0.853. The van der Waals surface area contributed by atoms with Gasteiger partial charge >= 0.3 is 5.97 Å². The zero-order chi connectivity index (χ0) is 9.90. The van der Waals surface area contributed by atoms with Gasteiger partial charge in [0.05, 0.1) is 13.7 Å². The average Bonchev–Trinajstić information content (AvgIpc) is 2.48. The standard InChI is InChI=1S/C9H12O4/c1-3-5-9(8(11)12-2)7(10)4-6-13-9/h3H,1,4-6H2,2H3. The second-order valence-electron chi connectivity index (χ2n) is 2.83. The number of ether oxygens (including phenoxy) is 2. The molecule has 13 heavy (non-hydrogen) atoms. The lowest BCUT2D eigenvalue weighted by atomic mass is 9.95. The first kappa shape index (κ1) is 9.92. The van der Waals surface area contributed by atoms with Crippen LogP contribution in [0.4, 0.5) is 0 Å². The normalized spacial score (nSPS) is 27.3. The molecule has 1 rings (SSSR count). The highest BCUT2D eigenvalue weighted by molar-refractivity contribution is 6.08. The maximum absolute atomic E-state index is 11.4. The molecule has 0 aliphatic carbocycles. The molecule has 72 valence electrons. The van der Waals surface area contributed by atoms with Crippen LogP contribution in [0.1, 0.15) is 12.8 Å². The summed E-state index contributed by atoms with van der Waals surface area (Å²) in [5.41, 5.74) is -1.41. The number of esters is 1. The first-order chi connectivity index (χ1) is 6.17. The lowest BCUT2D eigenvalue weighted by molar-refractivity contribution is -0.166. The van der Waals surface area contributed by atoms with Gasteiger partial charge in [0.2, 0.25) is 5.60 Å². The molecule has 1 atom stereocenters. The highest BCUT2D eigenvalue weighted by atomic mass is 16.6. The molecule has 1 unspecified atom stereocenters. The smallest absolute Gasteiger partial charge is 0.346 e. The molecule has 0 N–H and O–H groups in total. The van der Waals surface area contributed by atoms with Crippen LogP contribution in [0.15, 0.2) is 12.7 Å². The van der Waals surface area contributed by atoms with Crippen LogP contribution < -0.4 is 0 Å². The molecule has 0 spiro atoms. The minimum atomic E-state index is -1.41. The Morgan fingerprint density at radius 1 is 1.85 bits per heavy atom. The van der Waals surface area contributed by atoms with E-state index in [1.54, 1.807) is 0 Å². The van der Waals surface area contributed by atoms with E-state index < -0.39 is 11.6 Å². The van der Waals surface area contributed by atoms with Crippen LogP contribution in [0.2, 0.25) is 0 Å². The number of rotatable bonds is 3. The molecule has 1 aliphatic heterocycles. The number of Topliss-reactive ketones (excluding diaryl/α,β-unsaturated/α-hetero) is 1. The van der Waals surface area contributed by atoms with Crippen molar-refractivity contribution in [1.82, 2.24) is 0 Å². The predicted octanol–water partition coefficient (Wildman–Crippen LogP) is 0.464. The summed E-state index contributed by atoms with van der Waals surface area (Å²) in [4.78, 5) is 22.7. The Labute approximate surface area is 76.5 Å². The van der Waals surface area contributed by atoms with Gasteiger partial charge in [-0.25, -0.2) is 4.79 Å². The summed E-state index contributed by atoms with van der Waals surface area (Å²) in [6.45, 7) is 3.76. The van der Waals surface area contributed by atoms with Gasteiger partial charge in [-0.3, -0.25) is 4.79 Å². The van der Waals surface area contributed by atoms with E-state index in [1.165, 1.54) is 13.2 Å². The number of methoxy groups -OCH3 is 1. The van der Waals surface area contributed by atoms with Gasteiger partial charge in [-0.1, -0.05) is 6.08 Å². The molecule has 1 saturated heterocycles. The van der Waals surface area contributed by atoms with Crippen molar-refractivity contribution in [2.45, 2.75) is 18.4 Å². The zero-order valence-electron chi connectivity index (χ0n) is 7.54. The predicted molar refractivity (Wildman–Crippen MR) is 45.1 cm³/mol. The topological polar surface area (TPSA) is 52.6 Å². The van der Waals surface area contributed by atoms with Crippen molar-refractivity contribution >= 4 is 11.8 Å². The van der Waals surface area contributed by atoms with E-state index in [1.807, 2.05) is 0 Å². The fourth-order valence-electron chi connectivity index (χ4n) is 1.40.